The number of anilines is 2. The zero-order valence-electron chi connectivity index (χ0n) is 10.6. The molecule has 5 nitrogen and oxygen atoms in total. The Hall–Kier alpha value is -2.08. The highest BCUT2D eigenvalue weighted by Crippen LogP contribution is 2.13. The van der Waals surface area contributed by atoms with E-state index in [4.69, 9.17) is 5.73 Å². The largest absolute Gasteiger partial charge is 0.399 e. The van der Waals surface area contributed by atoms with Gasteiger partial charge in [0.2, 0.25) is 0 Å². The van der Waals surface area contributed by atoms with E-state index in [9.17, 15) is 4.79 Å². The molecule has 0 radical (unpaired) electrons. The Bertz CT molecular complexity index is 567. The van der Waals surface area contributed by atoms with E-state index in [-0.39, 0.29) is 6.03 Å². The van der Waals surface area contributed by atoms with Gasteiger partial charge >= 0.3 is 6.03 Å². The topological polar surface area (TPSA) is 80.0 Å². The number of nitrogen functional groups attached to an aromatic ring is 1. The van der Waals surface area contributed by atoms with Gasteiger partial charge in [0.05, 0.1) is 6.54 Å². The lowest BCUT2D eigenvalue weighted by Crippen LogP contribution is -2.28. The van der Waals surface area contributed by atoms with E-state index in [2.05, 4.69) is 22.5 Å². The van der Waals surface area contributed by atoms with E-state index in [1.54, 1.807) is 35.6 Å². The number of rotatable bonds is 4. The van der Waals surface area contributed by atoms with Crippen molar-refractivity contribution in [3.8, 4) is 0 Å². The first-order chi connectivity index (χ1) is 9.17. The lowest BCUT2D eigenvalue weighted by molar-refractivity contribution is 0.251. The van der Waals surface area contributed by atoms with Crippen molar-refractivity contribution in [1.82, 2.24) is 10.3 Å². The molecule has 100 valence electrons. The number of amides is 2. The van der Waals surface area contributed by atoms with Crippen molar-refractivity contribution < 1.29 is 4.79 Å². The van der Waals surface area contributed by atoms with Gasteiger partial charge in [-0.15, -0.1) is 11.3 Å². The molecule has 6 heteroatoms. The molecule has 0 unspecified atom stereocenters. The highest BCUT2D eigenvalue weighted by Gasteiger charge is 2.04. The van der Waals surface area contributed by atoms with Crippen LogP contribution in [0.4, 0.5) is 16.2 Å². The van der Waals surface area contributed by atoms with E-state index in [1.165, 1.54) is 4.88 Å². The summed E-state index contributed by atoms with van der Waals surface area (Å²) in [5.41, 5.74) is 6.93. The van der Waals surface area contributed by atoms with Gasteiger partial charge < -0.3 is 16.4 Å². The minimum absolute atomic E-state index is 0.265. The molecule has 0 saturated heterocycles. The first-order valence-electron chi connectivity index (χ1n) is 6.01. The molecule has 19 heavy (non-hydrogen) atoms. The maximum atomic E-state index is 11.7. The van der Waals surface area contributed by atoms with Crippen molar-refractivity contribution >= 4 is 28.7 Å². The summed E-state index contributed by atoms with van der Waals surface area (Å²) in [4.78, 5) is 17.1. The van der Waals surface area contributed by atoms with E-state index in [1.807, 2.05) is 6.20 Å². The summed E-state index contributed by atoms with van der Waals surface area (Å²) in [6.45, 7) is 2.51. The van der Waals surface area contributed by atoms with Gasteiger partial charge in [-0.25, -0.2) is 9.78 Å². The maximum Gasteiger partial charge on any atom is 0.319 e. The Balaban J connectivity index is 1.84. The quantitative estimate of drug-likeness (QED) is 0.751. The van der Waals surface area contributed by atoms with Crippen molar-refractivity contribution in [1.29, 1.82) is 0 Å². The molecular formula is C13H16N4OS. The van der Waals surface area contributed by atoms with Crippen molar-refractivity contribution in [3.63, 3.8) is 0 Å². The number of urea groups is 1. The fourth-order valence-electron chi connectivity index (χ4n) is 1.54. The fraction of sp³-hybridized carbons (Fsp3) is 0.231. The van der Waals surface area contributed by atoms with Crippen LogP contribution in [-0.4, -0.2) is 11.0 Å². The molecule has 2 rings (SSSR count). The summed E-state index contributed by atoms with van der Waals surface area (Å²) in [5.74, 6) is 0. The smallest absolute Gasteiger partial charge is 0.319 e. The van der Waals surface area contributed by atoms with Gasteiger partial charge in [0, 0.05) is 22.4 Å². The highest BCUT2D eigenvalue weighted by molar-refractivity contribution is 7.11. The van der Waals surface area contributed by atoms with Crippen LogP contribution in [0, 0.1) is 0 Å². The molecule has 1 aromatic carbocycles. The third kappa shape index (κ3) is 3.96. The monoisotopic (exact) mass is 276 g/mol. The van der Waals surface area contributed by atoms with E-state index in [0.717, 1.165) is 11.4 Å². The van der Waals surface area contributed by atoms with Crippen LogP contribution in [0.2, 0.25) is 0 Å². The zero-order chi connectivity index (χ0) is 13.7. The third-order valence-corrected chi connectivity index (χ3v) is 3.64. The molecular weight excluding hydrogens is 260 g/mol. The number of nitrogens with two attached hydrogens (primary N) is 1. The van der Waals surface area contributed by atoms with E-state index >= 15 is 0 Å². The lowest BCUT2D eigenvalue weighted by Gasteiger charge is -2.06. The molecule has 0 bridgehead atoms. The van der Waals surface area contributed by atoms with Crippen molar-refractivity contribution in [2.75, 3.05) is 11.1 Å². The molecule has 0 saturated carbocycles. The summed E-state index contributed by atoms with van der Waals surface area (Å²) in [5, 5.41) is 6.38. The second-order valence-electron chi connectivity index (χ2n) is 4.01. The molecule has 0 fully saturated rings. The fourth-order valence-corrected chi connectivity index (χ4v) is 2.34. The second kappa shape index (κ2) is 6.19. The second-order valence-corrected chi connectivity index (χ2v) is 5.21. The van der Waals surface area contributed by atoms with Crippen LogP contribution in [0.1, 0.15) is 16.8 Å². The summed E-state index contributed by atoms with van der Waals surface area (Å²) >= 11 is 1.61. The first-order valence-corrected chi connectivity index (χ1v) is 6.83. The zero-order valence-corrected chi connectivity index (χ0v) is 11.5. The Kier molecular flexibility index (Phi) is 4.35. The molecule has 0 aliphatic carbocycles. The number of carbonyl (C=O) groups is 1. The number of hydrogen-bond acceptors (Lipinski definition) is 4. The number of aryl methyl sites for hydroxylation is 1. The van der Waals surface area contributed by atoms with Gasteiger partial charge in [0.15, 0.2) is 0 Å². The Labute approximate surface area is 115 Å². The van der Waals surface area contributed by atoms with E-state index < -0.39 is 0 Å². The first kappa shape index (κ1) is 13.4. The van der Waals surface area contributed by atoms with Gasteiger partial charge in [-0.3, -0.25) is 0 Å². The van der Waals surface area contributed by atoms with Crippen LogP contribution in [0.25, 0.3) is 0 Å². The van der Waals surface area contributed by atoms with Crippen molar-refractivity contribution in [3.05, 3.63) is 40.3 Å². The van der Waals surface area contributed by atoms with Crippen molar-refractivity contribution in [2.24, 2.45) is 0 Å². The summed E-state index contributed by atoms with van der Waals surface area (Å²) in [7, 11) is 0. The van der Waals surface area contributed by atoms with E-state index in [0.29, 0.717) is 17.9 Å². The van der Waals surface area contributed by atoms with Gasteiger partial charge in [0.1, 0.15) is 5.01 Å². The molecule has 1 heterocycles. The highest BCUT2D eigenvalue weighted by atomic mass is 32.1. The molecule has 0 atom stereocenters. The predicted octanol–water partition coefficient (Wildman–Crippen LogP) is 2.61. The maximum absolute atomic E-state index is 11.7. The number of nitrogens with zero attached hydrogens (tertiary/aromatic N) is 1. The SMILES string of the molecule is CCc1cnc(CNC(=O)Nc2cccc(N)c2)s1. The molecule has 4 N–H and O–H groups in total. The molecule has 0 aliphatic rings. The number of aromatic nitrogens is 1. The van der Waals surface area contributed by atoms with Crippen LogP contribution < -0.4 is 16.4 Å². The number of carbonyl (C=O) groups excluding carboxylic acids is 1. The predicted molar refractivity (Wildman–Crippen MR) is 78.2 cm³/mol. The summed E-state index contributed by atoms with van der Waals surface area (Å²) < 4.78 is 0. The summed E-state index contributed by atoms with van der Waals surface area (Å²) in [6, 6.07) is 6.79. The summed E-state index contributed by atoms with van der Waals surface area (Å²) in [6.07, 6.45) is 2.81. The van der Waals surface area contributed by atoms with Crippen LogP contribution in [0.5, 0.6) is 0 Å². The van der Waals surface area contributed by atoms with Gasteiger partial charge in [0.25, 0.3) is 0 Å². The molecule has 1 aromatic heterocycles. The number of thiazole rings is 1. The van der Waals surface area contributed by atoms with Gasteiger partial charge in [-0.1, -0.05) is 13.0 Å². The molecule has 0 spiro atoms. The average Bonchev–Trinajstić information content (AvgIpc) is 2.84. The minimum atomic E-state index is -0.265. The molecule has 2 aromatic rings. The number of benzene rings is 1. The van der Waals surface area contributed by atoms with Crippen molar-refractivity contribution in [2.45, 2.75) is 19.9 Å². The van der Waals surface area contributed by atoms with Gasteiger partial charge in [-0.05, 0) is 24.6 Å². The number of hydrogen-bond donors (Lipinski definition) is 3. The lowest BCUT2D eigenvalue weighted by atomic mass is 10.3. The molecule has 2 amide bonds. The normalized spacial score (nSPS) is 10.2. The van der Waals surface area contributed by atoms with Crippen LogP contribution in [0.15, 0.2) is 30.5 Å². The van der Waals surface area contributed by atoms with Gasteiger partial charge in [-0.2, -0.15) is 0 Å². The average molecular weight is 276 g/mol. The minimum Gasteiger partial charge on any atom is -0.399 e. The Morgan fingerprint density at radius 1 is 1.47 bits per heavy atom. The Morgan fingerprint density at radius 2 is 2.32 bits per heavy atom. The Morgan fingerprint density at radius 3 is 3.00 bits per heavy atom. The van der Waals surface area contributed by atoms with Crippen LogP contribution >= 0.6 is 11.3 Å². The standard InChI is InChI=1S/C13H16N4OS/c1-2-11-7-15-12(19-11)8-16-13(18)17-10-5-3-4-9(14)6-10/h3-7H,2,8,14H2,1H3,(H2,16,17,18). The van der Waals surface area contributed by atoms with Crippen LogP contribution in [0.3, 0.4) is 0 Å². The number of nitrogens with one attached hydrogen (secondary N) is 2. The van der Waals surface area contributed by atoms with Crippen LogP contribution in [-0.2, 0) is 13.0 Å². The third-order valence-electron chi connectivity index (χ3n) is 2.49. The molecule has 0 aliphatic heterocycles.